The quantitative estimate of drug-likeness (QED) is 0.907. The van der Waals surface area contributed by atoms with E-state index in [1.54, 1.807) is 29.8 Å². The van der Waals surface area contributed by atoms with Crippen molar-refractivity contribution in [2.45, 2.75) is 36.1 Å². The van der Waals surface area contributed by atoms with E-state index >= 15 is 0 Å². The molecular weight excluding hydrogens is 262 g/mol. The Labute approximate surface area is 115 Å². The third-order valence-electron chi connectivity index (χ3n) is 3.02. The molecule has 2 heterocycles. The molecule has 0 aromatic carbocycles. The third kappa shape index (κ3) is 2.83. The van der Waals surface area contributed by atoms with Crippen molar-refractivity contribution in [3.05, 3.63) is 12.7 Å². The molecule has 1 saturated carbocycles. The van der Waals surface area contributed by atoms with Crippen molar-refractivity contribution in [2.24, 2.45) is 0 Å². The standard InChI is InChI=1S/C11H15N7S/c1-12-9-15-10(18-7-13-6-14-18)17-11(16-9)19-8-4-2-3-5-8/h6-8H,2-5H2,1H3,(H,12,15,16,17). The number of hydrogen-bond donors (Lipinski definition) is 1. The molecule has 3 rings (SSSR count). The zero-order valence-electron chi connectivity index (χ0n) is 10.7. The first kappa shape index (κ1) is 12.3. The molecule has 0 spiro atoms. The predicted octanol–water partition coefficient (Wildman–Crippen LogP) is 1.53. The summed E-state index contributed by atoms with van der Waals surface area (Å²) in [6, 6.07) is 0. The number of thioether (sulfide) groups is 1. The van der Waals surface area contributed by atoms with Gasteiger partial charge >= 0.3 is 0 Å². The summed E-state index contributed by atoms with van der Waals surface area (Å²) in [4.78, 5) is 17.0. The van der Waals surface area contributed by atoms with Gasteiger partial charge in [-0.1, -0.05) is 24.6 Å². The molecule has 0 radical (unpaired) electrons. The van der Waals surface area contributed by atoms with Gasteiger partial charge in [-0.15, -0.1) is 0 Å². The predicted molar refractivity (Wildman–Crippen MR) is 72.4 cm³/mol. The Morgan fingerprint density at radius 1 is 1.26 bits per heavy atom. The largest absolute Gasteiger partial charge is 0.357 e. The number of rotatable bonds is 4. The van der Waals surface area contributed by atoms with Gasteiger partial charge in [0.1, 0.15) is 12.7 Å². The topological polar surface area (TPSA) is 81.4 Å². The summed E-state index contributed by atoms with van der Waals surface area (Å²) < 4.78 is 1.54. The van der Waals surface area contributed by atoms with Crippen LogP contribution in [0.4, 0.5) is 5.95 Å². The highest BCUT2D eigenvalue weighted by Gasteiger charge is 2.19. The summed E-state index contributed by atoms with van der Waals surface area (Å²) in [5.74, 6) is 1.05. The minimum atomic E-state index is 0.498. The average Bonchev–Trinajstić information content (AvgIpc) is 3.11. The van der Waals surface area contributed by atoms with E-state index in [0.717, 1.165) is 5.16 Å². The number of hydrogen-bond acceptors (Lipinski definition) is 7. The molecule has 0 unspecified atom stereocenters. The van der Waals surface area contributed by atoms with E-state index in [0.29, 0.717) is 17.1 Å². The Morgan fingerprint density at radius 2 is 2.11 bits per heavy atom. The molecular formula is C11H15N7S. The number of aromatic nitrogens is 6. The zero-order chi connectivity index (χ0) is 13.1. The Bertz CT molecular complexity index is 536. The molecule has 1 aliphatic carbocycles. The fraction of sp³-hybridized carbons (Fsp3) is 0.545. The smallest absolute Gasteiger partial charge is 0.257 e. The summed E-state index contributed by atoms with van der Waals surface area (Å²) in [5, 5.41) is 8.38. The second-order valence-electron chi connectivity index (χ2n) is 4.36. The van der Waals surface area contributed by atoms with Crippen molar-refractivity contribution in [1.29, 1.82) is 0 Å². The first-order chi connectivity index (χ1) is 9.35. The zero-order valence-corrected chi connectivity index (χ0v) is 11.5. The van der Waals surface area contributed by atoms with Crippen molar-refractivity contribution in [2.75, 3.05) is 12.4 Å². The van der Waals surface area contributed by atoms with E-state index in [-0.39, 0.29) is 0 Å². The highest BCUT2D eigenvalue weighted by atomic mass is 32.2. The van der Waals surface area contributed by atoms with Crippen molar-refractivity contribution >= 4 is 17.7 Å². The van der Waals surface area contributed by atoms with E-state index < -0.39 is 0 Å². The van der Waals surface area contributed by atoms with Crippen LogP contribution in [0.5, 0.6) is 0 Å². The summed E-state index contributed by atoms with van der Waals surface area (Å²) in [7, 11) is 1.80. The van der Waals surface area contributed by atoms with Crippen LogP contribution in [0.1, 0.15) is 25.7 Å². The lowest BCUT2D eigenvalue weighted by molar-refractivity contribution is 0.758. The van der Waals surface area contributed by atoms with Crippen molar-refractivity contribution in [3.8, 4) is 5.95 Å². The monoisotopic (exact) mass is 277 g/mol. The normalized spacial score (nSPS) is 15.8. The summed E-state index contributed by atoms with van der Waals surface area (Å²) in [6.07, 6.45) is 8.13. The lowest BCUT2D eigenvalue weighted by Crippen LogP contribution is -2.09. The van der Waals surface area contributed by atoms with Crippen LogP contribution in [0.25, 0.3) is 5.95 Å². The van der Waals surface area contributed by atoms with Crippen LogP contribution in [0.3, 0.4) is 0 Å². The molecule has 19 heavy (non-hydrogen) atoms. The van der Waals surface area contributed by atoms with Gasteiger partial charge in [0.05, 0.1) is 0 Å². The minimum Gasteiger partial charge on any atom is -0.357 e. The van der Waals surface area contributed by atoms with Crippen molar-refractivity contribution < 1.29 is 0 Å². The molecule has 0 aliphatic heterocycles. The molecule has 8 heteroatoms. The number of nitrogens with zero attached hydrogens (tertiary/aromatic N) is 6. The van der Waals surface area contributed by atoms with Gasteiger partial charge in [0.2, 0.25) is 5.95 Å². The summed E-state index contributed by atoms with van der Waals surface area (Å²) in [5.41, 5.74) is 0. The van der Waals surface area contributed by atoms with Gasteiger partial charge in [-0.2, -0.15) is 24.7 Å². The number of anilines is 1. The molecule has 0 saturated heterocycles. The molecule has 100 valence electrons. The molecule has 1 fully saturated rings. The van der Waals surface area contributed by atoms with E-state index in [2.05, 4.69) is 30.4 Å². The van der Waals surface area contributed by atoms with Gasteiger partial charge < -0.3 is 5.32 Å². The fourth-order valence-electron chi connectivity index (χ4n) is 2.08. The van der Waals surface area contributed by atoms with Crippen LogP contribution in [-0.2, 0) is 0 Å². The molecule has 1 aliphatic rings. The van der Waals surface area contributed by atoms with E-state index in [9.17, 15) is 0 Å². The fourth-order valence-corrected chi connectivity index (χ4v) is 3.22. The van der Waals surface area contributed by atoms with Crippen molar-refractivity contribution in [1.82, 2.24) is 29.7 Å². The maximum absolute atomic E-state index is 4.45. The van der Waals surface area contributed by atoms with Gasteiger partial charge in [0.15, 0.2) is 5.16 Å². The summed E-state index contributed by atoms with van der Waals surface area (Å²) in [6.45, 7) is 0. The molecule has 2 aromatic heterocycles. The van der Waals surface area contributed by atoms with E-state index in [1.807, 2.05) is 0 Å². The Morgan fingerprint density at radius 3 is 2.79 bits per heavy atom. The maximum atomic E-state index is 4.45. The molecule has 2 aromatic rings. The minimum absolute atomic E-state index is 0.498. The van der Waals surface area contributed by atoms with Gasteiger partial charge in [-0.25, -0.2) is 4.98 Å². The van der Waals surface area contributed by atoms with Crippen molar-refractivity contribution in [3.63, 3.8) is 0 Å². The van der Waals surface area contributed by atoms with Gasteiger partial charge in [0, 0.05) is 12.3 Å². The van der Waals surface area contributed by atoms with Gasteiger partial charge in [-0.05, 0) is 12.8 Å². The van der Waals surface area contributed by atoms with Crippen LogP contribution < -0.4 is 5.32 Å². The van der Waals surface area contributed by atoms with Gasteiger partial charge in [-0.3, -0.25) is 0 Å². The van der Waals surface area contributed by atoms with E-state index in [1.165, 1.54) is 32.0 Å². The second kappa shape index (κ2) is 5.52. The maximum Gasteiger partial charge on any atom is 0.257 e. The van der Waals surface area contributed by atoms with Crippen LogP contribution in [0.2, 0.25) is 0 Å². The SMILES string of the molecule is CNc1nc(SC2CCCC2)nc(-n2cncn2)n1. The highest BCUT2D eigenvalue weighted by Crippen LogP contribution is 2.33. The molecule has 0 atom stereocenters. The lowest BCUT2D eigenvalue weighted by Gasteiger charge is -2.09. The highest BCUT2D eigenvalue weighted by molar-refractivity contribution is 7.99. The Balaban J connectivity index is 1.88. The Hall–Kier alpha value is -1.70. The van der Waals surface area contributed by atoms with Crippen LogP contribution in [-0.4, -0.2) is 42.0 Å². The third-order valence-corrected chi connectivity index (χ3v) is 4.22. The molecule has 0 bridgehead atoms. The Kier molecular flexibility index (Phi) is 3.58. The van der Waals surface area contributed by atoms with Crippen LogP contribution in [0.15, 0.2) is 17.8 Å². The van der Waals surface area contributed by atoms with Gasteiger partial charge in [0.25, 0.3) is 5.95 Å². The summed E-state index contributed by atoms with van der Waals surface area (Å²) >= 11 is 1.73. The molecule has 7 nitrogen and oxygen atoms in total. The molecule has 0 amide bonds. The van der Waals surface area contributed by atoms with E-state index in [4.69, 9.17) is 0 Å². The second-order valence-corrected chi connectivity index (χ2v) is 5.62. The molecule has 1 N–H and O–H groups in total. The lowest BCUT2D eigenvalue weighted by atomic mass is 10.4. The van der Waals surface area contributed by atoms with Crippen LogP contribution in [0, 0.1) is 0 Å². The average molecular weight is 277 g/mol. The first-order valence-electron chi connectivity index (χ1n) is 6.30. The first-order valence-corrected chi connectivity index (χ1v) is 7.18. The van der Waals surface area contributed by atoms with Crippen LogP contribution >= 0.6 is 11.8 Å². The number of nitrogens with one attached hydrogen (secondary N) is 1.